The molecule has 144 valence electrons. The number of hydrogen-bond acceptors (Lipinski definition) is 4. The average molecular weight is 372 g/mol. The van der Waals surface area contributed by atoms with Crippen molar-refractivity contribution in [3.05, 3.63) is 66.0 Å². The van der Waals surface area contributed by atoms with Gasteiger partial charge in [-0.15, -0.1) is 0 Å². The zero-order valence-corrected chi connectivity index (χ0v) is 15.2. The van der Waals surface area contributed by atoms with Gasteiger partial charge in [0.15, 0.2) is 0 Å². The van der Waals surface area contributed by atoms with Crippen LogP contribution in [0.2, 0.25) is 0 Å². The van der Waals surface area contributed by atoms with Crippen LogP contribution in [0.5, 0.6) is 5.75 Å². The molecule has 2 N–H and O–H groups in total. The second-order valence-corrected chi connectivity index (χ2v) is 7.04. The first-order valence-corrected chi connectivity index (χ1v) is 9.16. The maximum absolute atomic E-state index is 12.9. The second kappa shape index (κ2) is 8.97. The number of carbonyl (C=O) groups excluding carboxylic acids is 1. The normalized spacial score (nSPS) is 20.2. The van der Waals surface area contributed by atoms with Gasteiger partial charge in [0.1, 0.15) is 23.8 Å². The van der Waals surface area contributed by atoms with Gasteiger partial charge in [-0.05, 0) is 49.2 Å². The fourth-order valence-electron chi connectivity index (χ4n) is 3.26. The molecule has 6 heteroatoms. The van der Waals surface area contributed by atoms with Gasteiger partial charge in [0.25, 0.3) is 0 Å². The van der Waals surface area contributed by atoms with Gasteiger partial charge >= 0.3 is 0 Å². The van der Waals surface area contributed by atoms with Crippen LogP contribution >= 0.6 is 0 Å². The Kier molecular flexibility index (Phi) is 6.42. The van der Waals surface area contributed by atoms with Crippen molar-refractivity contribution in [2.75, 3.05) is 26.2 Å². The number of benzene rings is 2. The Balaban J connectivity index is 1.45. The molecule has 0 radical (unpaired) electrons. The number of likely N-dealkylation sites (tertiary alicyclic amines) is 1. The highest BCUT2D eigenvalue weighted by atomic mass is 19.1. The number of carbonyl (C=O) groups is 1. The van der Waals surface area contributed by atoms with Crippen LogP contribution in [0.4, 0.5) is 4.39 Å². The van der Waals surface area contributed by atoms with Crippen LogP contribution in [0.1, 0.15) is 18.4 Å². The number of β-amino-alcohol motifs (C(OH)–C–C–N with tert-alkyl or cyclic N) is 1. The molecule has 1 aliphatic heterocycles. The van der Waals surface area contributed by atoms with E-state index in [1.165, 1.54) is 12.1 Å². The van der Waals surface area contributed by atoms with Crippen molar-refractivity contribution in [2.24, 2.45) is 0 Å². The molecule has 0 aromatic heterocycles. The van der Waals surface area contributed by atoms with Crippen LogP contribution in [0.3, 0.4) is 0 Å². The molecule has 1 aliphatic rings. The monoisotopic (exact) mass is 372 g/mol. The van der Waals surface area contributed by atoms with Gasteiger partial charge in [0, 0.05) is 13.1 Å². The van der Waals surface area contributed by atoms with Crippen LogP contribution < -0.4 is 10.1 Å². The molecule has 1 heterocycles. The fraction of sp³-hybridized carbons (Fsp3) is 0.381. The summed E-state index contributed by atoms with van der Waals surface area (Å²) in [5.41, 5.74) is -0.123. The Morgan fingerprint density at radius 3 is 2.67 bits per heavy atom. The summed E-state index contributed by atoms with van der Waals surface area (Å²) in [6.45, 7) is 1.93. The van der Waals surface area contributed by atoms with Crippen molar-refractivity contribution in [3.8, 4) is 5.75 Å². The lowest BCUT2D eigenvalue weighted by molar-refractivity contribution is -0.124. The van der Waals surface area contributed by atoms with Gasteiger partial charge in [-0.1, -0.05) is 30.3 Å². The van der Waals surface area contributed by atoms with E-state index >= 15 is 0 Å². The zero-order valence-electron chi connectivity index (χ0n) is 15.2. The van der Waals surface area contributed by atoms with Gasteiger partial charge in [-0.25, -0.2) is 4.39 Å². The van der Waals surface area contributed by atoms with Crippen LogP contribution in [0.25, 0.3) is 0 Å². The molecule has 0 aliphatic carbocycles. The first-order valence-electron chi connectivity index (χ1n) is 9.16. The minimum absolute atomic E-state index is 0.118. The van der Waals surface area contributed by atoms with Gasteiger partial charge in [0.2, 0.25) is 5.91 Å². The largest absolute Gasteiger partial charge is 0.491 e. The topological polar surface area (TPSA) is 61.8 Å². The van der Waals surface area contributed by atoms with Crippen LogP contribution in [0, 0.1) is 5.82 Å². The molecular formula is C21H25FN2O3. The lowest BCUT2D eigenvalue weighted by Gasteiger charge is -2.38. The molecule has 5 nitrogen and oxygen atoms in total. The fourth-order valence-corrected chi connectivity index (χ4v) is 3.26. The number of para-hydroxylation sites is 1. The molecule has 1 atom stereocenters. The second-order valence-electron chi connectivity index (χ2n) is 7.04. The Bertz CT molecular complexity index is 739. The third kappa shape index (κ3) is 6.05. The van der Waals surface area contributed by atoms with Gasteiger partial charge < -0.3 is 15.2 Å². The first kappa shape index (κ1) is 19.3. The number of piperidine rings is 1. The molecule has 0 spiro atoms. The van der Waals surface area contributed by atoms with Gasteiger partial charge in [-0.3, -0.25) is 9.69 Å². The van der Waals surface area contributed by atoms with E-state index in [0.29, 0.717) is 19.5 Å². The van der Waals surface area contributed by atoms with E-state index in [9.17, 15) is 14.3 Å². The molecule has 0 saturated carbocycles. The molecule has 1 fully saturated rings. The number of ether oxygens (including phenoxy) is 1. The highest BCUT2D eigenvalue weighted by Gasteiger charge is 2.34. The minimum atomic E-state index is -0.967. The van der Waals surface area contributed by atoms with Crippen molar-refractivity contribution < 1.29 is 19.0 Å². The highest BCUT2D eigenvalue weighted by Crippen LogP contribution is 2.22. The Morgan fingerprint density at radius 2 is 1.93 bits per heavy atom. The number of hydrogen-bond donors (Lipinski definition) is 2. The molecule has 27 heavy (non-hydrogen) atoms. The summed E-state index contributed by atoms with van der Waals surface area (Å²) < 4.78 is 18.6. The predicted molar refractivity (Wildman–Crippen MR) is 101 cm³/mol. The first-order chi connectivity index (χ1) is 13.0. The lowest BCUT2D eigenvalue weighted by Crippen LogP contribution is -2.53. The van der Waals surface area contributed by atoms with Crippen LogP contribution in [0.15, 0.2) is 54.6 Å². The highest BCUT2D eigenvalue weighted by molar-refractivity contribution is 5.78. The van der Waals surface area contributed by atoms with E-state index in [1.54, 1.807) is 12.1 Å². The summed E-state index contributed by atoms with van der Waals surface area (Å²) >= 11 is 0. The summed E-state index contributed by atoms with van der Waals surface area (Å²) in [5.74, 6) is 0.308. The van der Waals surface area contributed by atoms with Crippen molar-refractivity contribution in [2.45, 2.75) is 25.0 Å². The molecule has 2 aromatic carbocycles. The Hall–Kier alpha value is -2.44. The summed E-state index contributed by atoms with van der Waals surface area (Å²) in [6.07, 6.45) is 1.45. The number of aliphatic hydroxyl groups is 1. The third-order valence-electron chi connectivity index (χ3n) is 4.66. The van der Waals surface area contributed by atoms with Crippen molar-refractivity contribution in [1.82, 2.24) is 10.2 Å². The average Bonchev–Trinajstić information content (AvgIpc) is 2.67. The van der Waals surface area contributed by atoms with Gasteiger partial charge in [0.05, 0.1) is 6.54 Å². The summed E-state index contributed by atoms with van der Waals surface area (Å²) in [7, 11) is 0. The molecular weight excluding hydrogens is 347 g/mol. The molecule has 0 bridgehead atoms. The van der Waals surface area contributed by atoms with Gasteiger partial charge in [-0.2, -0.15) is 0 Å². The minimum Gasteiger partial charge on any atom is -0.491 e. The number of halogens is 1. The number of nitrogens with zero attached hydrogens (tertiary/aromatic N) is 1. The van der Waals surface area contributed by atoms with E-state index in [4.69, 9.17) is 4.74 Å². The van der Waals surface area contributed by atoms with Crippen LogP contribution in [-0.2, 0) is 11.3 Å². The Morgan fingerprint density at radius 1 is 1.19 bits per heavy atom. The molecule has 2 aromatic rings. The Labute approximate surface area is 158 Å². The lowest BCUT2D eigenvalue weighted by atomic mass is 9.93. The van der Waals surface area contributed by atoms with E-state index in [1.807, 2.05) is 35.2 Å². The van der Waals surface area contributed by atoms with E-state index in [0.717, 1.165) is 24.3 Å². The molecule has 0 unspecified atom stereocenters. The number of rotatable bonds is 7. The quantitative estimate of drug-likeness (QED) is 0.783. The number of nitrogens with one attached hydrogen (secondary N) is 1. The maximum Gasteiger partial charge on any atom is 0.234 e. The van der Waals surface area contributed by atoms with E-state index in [-0.39, 0.29) is 24.9 Å². The standard InChI is InChI=1S/C21H25FN2O3/c22-18-9-7-17(8-10-18)13-23-20(25)14-24-12-4-11-21(26,15-24)16-27-19-5-2-1-3-6-19/h1-3,5-10,26H,4,11-16H2,(H,23,25)/t21-/m1/s1. The molecule has 1 amide bonds. The van der Waals surface area contributed by atoms with Crippen molar-refractivity contribution in [3.63, 3.8) is 0 Å². The summed E-state index contributed by atoms with van der Waals surface area (Å²) in [4.78, 5) is 14.1. The molecule has 1 saturated heterocycles. The zero-order chi connectivity index (χ0) is 19.1. The SMILES string of the molecule is O=C(CN1CCC[C@](O)(COc2ccccc2)C1)NCc1ccc(F)cc1. The van der Waals surface area contributed by atoms with Crippen molar-refractivity contribution in [1.29, 1.82) is 0 Å². The number of amides is 1. The predicted octanol–water partition coefficient (Wildman–Crippen LogP) is 2.35. The van der Waals surface area contributed by atoms with Crippen LogP contribution in [-0.4, -0.2) is 47.8 Å². The van der Waals surface area contributed by atoms with Crippen molar-refractivity contribution >= 4 is 5.91 Å². The summed E-state index contributed by atoms with van der Waals surface area (Å²) in [5, 5.41) is 13.7. The third-order valence-corrected chi connectivity index (χ3v) is 4.66. The summed E-state index contributed by atoms with van der Waals surface area (Å²) in [6, 6.07) is 15.4. The van der Waals surface area contributed by atoms with E-state index < -0.39 is 5.60 Å². The van der Waals surface area contributed by atoms with E-state index in [2.05, 4.69) is 5.32 Å². The molecule has 3 rings (SSSR count). The maximum atomic E-state index is 12.9. The smallest absolute Gasteiger partial charge is 0.234 e.